The van der Waals surface area contributed by atoms with Gasteiger partial charge in [-0.25, -0.2) is 33.7 Å². The van der Waals surface area contributed by atoms with E-state index in [-0.39, 0.29) is 105 Å². The number of hydrogen-bond acceptors (Lipinski definition) is 17. The Bertz CT molecular complexity index is 3420. The standard InChI is InChI=1S/C61H70ClF4N9O10/c1-35-29-42(71(30-37-16-20-39(79-12)21-17-37)31-38-18-22-40(80-13)23-19-38)68-48(45(35)61(64,65)66)43-46(62)50-44-49(47(43)63)69-53(72-32-60(33-72)34-81-27-26-74(60)54(76)83-57(3,4)5)70-52(44)73(25-28-82-50)36(2)41-15-14-24-67-51(41)75(55(77)84-58(6,7)8)56(78)85-59(9,10)11/h14-24,29,36H,25-28,30-34H2,1-13H3. The number of nitrogens with zero attached hydrogens (tertiary/aromatic N) is 9. The van der Waals surface area contributed by atoms with Gasteiger partial charge < -0.3 is 47.9 Å². The summed E-state index contributed by atoms with van der Waals surface area (Å²) in [6.45, 7) is 18.9. The lowest BCUT2D eigenvalue weighted by atomic mass is 9.88. The van der Waals surface area contributed by atoms with Crippen LogP contribution in [0.1, 0.15) is 103 Å². The number of carbonyl (C=O) groups is 3. The van der Waals surface area contributed by atoms with Gasteiger partial charge in [0.05, 0.1) is 67.2 Å². The van der Waals surface area contributed by atoms with E-state index in [1.165, 1.54) is 33.4 Å². The summed E-state index contributed by atoms with van der Waals surface area (Å²) < 4.78 is 107. The molecule has 3 amide bonds. The van der Waals surface area contributed by atoms with Crippen molar-refractivity contribution in [2.24, 2.45) is 0 Å². The van der Waals surface area contributed by atoms with Gasteiger partial charge in [0.25, 0.3) is 0 Å². The lowest BCUT2D eigenvalue weighted by molar-refractivity contribution is -0.137. The molecule has 6 aromatic rings. The number of rotatable bonds is 12. The molecule has 0 N–H and O–H groups in total. The van der Waals surface area contributed by atoms with Crippen LogP contribution in [-0.2, 0) is 38.2 Å². The third-order valence-corrected chi connectivity index (χ3v) is 14.6. The minimum Gasteiger partial charge on any atom is -0.497 e. The number of imide groups is 1. The average molecular weight is 1200 g/mol. The molecule has 3 aromatic heterocycles. The number of alkyl halides is 3. The van der Waals surface area contributed by atoms with Crippen LogP contribution in [0.3, 0.4) is 0 Å². The molecule has 0 bridgehead atoms. The smallest absolute Gasteiger partial charge is 0.425 e. The van der Waals surface area contributed by atoms with E-state index in [1.807, 2.05) is 24.3 Å². The number of aromatic nitrogens is 4. The van der Waals surface area contributed by atoms with Crippen LogP contribution in [0.2, 0.25) is 5.02 Å². The summed E-state index contributed by atoms with van der Waals surface area (Å²) in [6.07, 6.45) is -6.44. The third kappa shape index (κ3) is 13.2. The second kappa shape index (κ2) is 23.5. The summed E-state index contributed by atoms with van der Waals surface area (Å²) >= 11 is 7.37. The summed E-state index contributed by atoms with van der Waals surface area (Å²) in [4.78, 5) is 68.8. The predicted octanol–water partition coefficient (Wildman–Crippen LogP) is 12.9. The van der Waals surface area contributed by atoms with Crippen molar-refractivity contribution in [3.63, 3.8) is 0 Å². The molecule has 454 valence electrons. The van der Waals surface area contributed by atoms with E-state index in [1.54, 1.807) is 125 Å². The quantitative estimate of drug-likeness (QED) is 0.0832. The van der Waals surface area contributed by atoms with E-state index in [2.05, 4.69) is 4.98 Å². The molecule has 3 aliphatic rings. The molecule has 85 heavy (non-hydrogen) atoms. The van der Waals surface area contributed by atoms with Gasteiger partial charge in [0.1, 0.15) is 57.6 Å². The molecule has 3 aliphatic heterocycles. The molecule has 2 fully saturated rings. The number of pyridine rings is 2. The fraction of sp³-hybridized carbons (Fsp3) is 0.459. The Morgan fingerprint density at radius 1 is 0.788 bits per heavy atom. The van der Waals surface area contributed by atoms with Crippen LogP contribution in [0, 0.1) is 12.7 Å². The first-order valence-electron chi connectivity index (χ1n) is 27.7. The van der Waals surface area contributed by atoms with Crippen LogP contribution >= 0.6 is 11.6 Å². The van der Waals surface area contributed by atoms with Crippen molar-refractivity contribution in [3.05, 3.63) is 112 Å². The summed E-state index contributed by atoms with van der Waals surface area (Å²) in [6, 6.07) is 18.0. The zero-order valence-electron chi connectivity index (χ0n) is 49.9. The van der Waals surface area contributed by atoms with Crippen LogP contribution < -0.4 is 33.8 Å². The van der Waals surface area contributed by atoms with Crippen LogP contribution in [0.25, 0.3) is 22.2 Å². The molecule has 1 unspecified atom stereocenters. The van der Waals surface area contributed by atoms with E-state index in [0.717, 1.165) is 11.1 Å². The molecule has 0 aliphatic carbocycles. The van der Waals surface area contributed by atoms with Crippen molar-refractivity contribution in [3.8, 4) is 28.5 Å². The molecule has 24 heteroatoms. The van der Waals surface area contributed by atoms with E-state index in [9.17, 15) is 14.4 Å². The highest BCUT2D eigenvalue weighted by Crippen LogP contribution is 2.52. The fourth-order valence-electron chi connectivity index (χ4n) is 10.5. The number of hydrogen-bond donors (Lipinski definition) is 0. The molecule has 0 radical (unpaired) electrons. The first-order chi connectivity index (χ1) is 39.9. The highest BCUT2D eigenvalue weighted by Gasteiger charge is 2.54. The maximum Gasteiger partial charge on any atom is 0.425 e. The molecule has 2 saturated heterocycles. The Balaban J connectivity index is 1.25. The van der Waals surface area contributed by atoms with Gasteiger partial charge in [-0.2, -0.15) is 23.1 Å². The van der Waals surface area contributed by atoms with Gasteiger partial charge in [-0.15, -0.1) is 0 Å². The molecule has 0 saturated carbocycles. The highest BCUT2D eigenvalue weighted by molar-refractivity contribution is 6.36. The highest BCUT2D eigenvalue weighted by atomic mass is 35.5. The minimum atomic E-state index is -5.10. The first-order valence-corrected chi connectivity index (χ1v) is 28.0. The number of anilines is 4. The van der Waals surface area contributed by atoms with E-state index in [0.29, 0.717) is 16.4 Å². The number of amides is 3. The number of methoxy groups -OCH3 is 2. The monoisotopic (exact) mass is 1200 g/mol. The molecule has 3 aromatic carbocycles. The van der Waals surface area contributed by atoms with Crippen LogP contribution in [0.4, 0.5) is 55.3 Å². The van der Waals surface area contributed by atoms with Gasteiger partial charge in [-0.05, 0) is 129 Å². The van der Waals surface area contributed by atoms with Gasteiger partial charge in [0.2, 0.25) is 5.95 Å². The lowest BCUT2D eigenvalue weighted by Crippen LogP contribution is -2.76. The van der Waals surface area contributed by atoms with Crippen LogP contribution in [-0.4, -0.2) is 126 Å². The van der Waals surface area contributed by atoms with Gasteiger partial charge in [-0.1, -0.05) is 41.9 Å². The number of benzene rings is 3. The van der Waals surface area contributed by atoms with Gasteiger partial charge >= 0.3 is 24.5 Å². The minimum absolute atomic E-state index is 0.0205. The largest absolute Gasteiger partial charge is 0.497 e. The summed E-state index contributed by atoms with van der Waals surface area (Å²) in [5.41, 5.74) is -5.65. The Morgan fingerprint density at radius 2 is 1.36 bits per heavy atom. The van der Waals surface area contributed by atoms with Gasteiger partial charge in [-0.3, -0.25) is 4.90 Å². The Morgan fingerprint density at radius 3 is 1.91 bits per heavy atom. The summed E-state index contributed by atoms with van der Waals surface area (Å²) in [5, 5.41) is -0.642. The topological polar surface area (TPSA) is 184 Å². The normalized spacial score (nSPS) is 15.6. The van der Waals surface area contributed by atoms with E-state index >= 15 is 17.6 Å². The first kappa shape index (κ1) is 61.6. The molecule has 19 nitrogen and oxygen atoms in total. The van der Waals surface area contributed by atoms with Crippen molar-refractivity contribution in [1.29, 1.82) is 0 Å². The molecule has 1 atom stereocenters. The second-order valence-corrected chi connectivity index (χ2v) is 24.5. The number of aryl methyl sites for hydroxylation is 1. The number of morpholine rings is 1. The molecular formula is C61H70ClF4N9O10. The average Bonchev–Trinajstić information content (AvgIpc) is 1.77. The predicted molar refractivity (Wildman–Crippen MR) is 312 cm³/mol. The van der Waals surface area contributed by atoms with E-state index in [4.69, 9.17) is 59.7 Å². The van der Waals surface area contributed by atoms with Gasteiger partial charge in [0.15, 0.2) is 17.4 Å². The zero-order chi connectivity index (χ0) is 61.7. The van der Waals surface area contributed by atoms with Gasteiger partial charge in [0, 0.05) is 44.5 Å². The van der Waals surface area contributed by atoms with Crippen molar-refractivity contribution in [1.82, 2.24) is 24.8 Å². The zero-order valence-corrected chi connectivity index (χ0v) is 50.6. The Labute approximate surface area is 496 Å². The van der Waals surface area contributed by atoms with Crippen molar-refractivity contribution >= 4 is 64.2 Å². The number of carbonyl (C=O) groups excluding carboxylic acids is 3. The summed E-state index contributed by atoms with van der Waals surface area (Å²) in [7, 11) is 3.07. The SMILES string of the molecule is COc1ccc(CN(Cc2ccc(OC)cc2)c2cc(C)c(C(F)(F)F)c(-c3c(Cl)c4c5c(nc(N6CC7(COCCN7C(=O)OC(C)(C)C)C6)nc5c3F)N(C(C)c3cccnc3N(C(=O)OC(C)(C)C)C(=O)OC(C)(C)C)CCO4)n2)cc1. The Kier molecular flexibility index (Phi) is 17.0. The van der Waals surface area contributed by atoms with Crippen molar-refractivity contribution < 1.29 is 65.1 Å². The second-order valence-electron chi connectivity index (χ2n) is 24.2. The van der Waals surface area contributed by atoms with Crippen LogP contribution in [0.15, 0.2) is 72.9 Å². The van der Waals surface area contributed by atoms with Crippen molar-refractivity contribution in [2.75, 3.05) is 79.8 Å². The maximum atomic E-state index is 18.7. The third-order valence-electron chi connectivity index (χ3n) is 14.3. The Hall–Kier alpha value is -7.92. The summed E-state index contributed by atoms with van der Waals surface area (Å²) in [5.74, 6) is -0.467. The molecule has 9 rings (SSSR count). The molecular weight excluding hydrogens is 1130 g/mol. The maximum absolute atomic E-state index is 18.7. The number of ether oxygens (including phenoxy) is 7. The van der Waals surface area contributed by atoms with Crippen molar-refractivity contribution in [2.45, 2.75) is 124 Å². The van der Waals surface area contributed by atoms with Crippen LogP contribution in [0.5, 0.6) is 17.2 Å². The lowest BCUT2D eigenvalue weighted by Gasteiger charge is -2.56. The van der Waals surface area contributed by atoms with E-state index < -0.39 is 86.0 Å². The molecule has 6 heterocycles. The number of halogens is 5. The molecule has 1 spiro atoms. The fourth-order valence-corrected chi connectivity index (χ4v) is 10.8.